The molecule has 1 atom stereocenters. The Kier molecular flexibility index (Phi) is 6.86. The fourth-order valence-corrected chi connectivity index (χ4v) is 2.52. The van der Waals surface area contributed by atoms with Crippen molar-refractivity contribution in [1.82, 2.24) is 15.4 Å². The maximum atomic E-state index is 13.8. The van der Waals surface area contributed by atoms with E-state index in [1.807, 2.05) is 0 Å². The van der Waals surface area contributed by atoms with E-state index in [0.717, 1.165) is 0 Å². The van der Waals surface area contributed by atoms with E-state index in [1.165, 1.54) is 36.2 Å². The Bertz CT molecular complexity index is 865. The zero-order valence-corrected chi connectivity index (χ0v) is 16.2. The Morgan fingerprint density at radius 3 is 2.50 bits per heavy atom. The first-order valence-electron chi connectivity index (χ1n) is 8.72. The lowest BCUT2D eigenvalue weighted by molar-refractivity contribution is -0.135. The number of carbonyl (C=O) groups is 3. The molecule has 2 aromatic rings. The molecular formula is C19H23FN4O4. The van der Waals surface area contributed by atoms with Crippen LogP contribution < -0.4 is 10.6 Å². The van der Waals surface area contributed by atoms with E-state index in [1.54, 1.807) is 26.8 Å². The van der Waals surface area contributed by atoms with E-state index in [9.17, 15) is 18.8 Å². The molecule has 9 heteroatoms. The maximum absolute atomic E-state index is 13.8. The van der Waals surface area contributed by atoms with Crippen molar-refractivity contribution >= 4 is 23.5 Å². The van der Waals surface area contributed by atoms with Crippen LogP contribution in [0, 0.1) is 18.7 Å². The zero-order valence-electron chi connectivity index (χ0n) is 16.2. The number of halogens is 1. The summed E-state index contributed by atoms with van der Waals surface area (Å²) in [4.78, 5) is 38.4. The fraction of sp³-hybridized carbons (Fsp3) is 0.368. The number of hydrogen-bond donors (Lipinski definition) is 2. The Hall–Kier alpha value is -3.23. The van der Waals surface area contributed by atoms with Crippen molar-refractivity contribution in [1.29, 1.82) is 0 Å². The molecule has 2 rings (SSSR count). The molecule has 1 heterocycles. The van der Waals surface area contributed by atoms with Crippen molar-refractivity contribution in [3.63, 3.8) is 0 Å². The van der Waals surface area contributed by atoms with Gasteiger partial charge in [-0.25, -0.2) is 4.39 Å². The number of aryl methyl sites for hydroxylation is 1. The third-order valence-corrected chi connectivity index (χ3v) is 3.99. The van der Waals surface area contributed by atoms with E-state index in [4.69, 9.17) is 4.52 Å². The fourth-order valence-electron chi connectivity index (χ4n) is 2.52. The second kappa shape index (κ2) is 9.12. The number of benzene rings is 1. The molecule has 3 amide bonds. The van der Waals surface area contributed by atoms with Gasteiger partial charge in [0.25, 0.3) is 5.91 Å². The molecule has 1 aromatic heterocycles. The molecular weight excluding hydrogens is 367 g/mol. The van der Waals surface area contributed by atoms with E-state index in [0.29, 0.717) is 5.76 Å². The standard InChI is InChI=1S/C19H23FN4O4/c1-11(2)17(22-18(26)13-7-5-6-8-14(13)20)19(27)24(4)10-16(25)21-15-9-12(3)28-23-15/h5-9,11,17H,10H2,1-4H3,(H,22,26)(H,21,23,25). The molecule has 1 unspecified atom stereocenters. The van der Waals surface area contributed by atoms with Gasteiger partial charge in [-0.15, -0.1) is 0 Å². The molecule has 8 nitrogen and oxygen atoms in total. The van der Waals surface area contributed by atoms with Crippen LogP contribution in [-0.2, 0) is 9.59 Å². The molecule has 0 bridgehead atoms. The van der Waals surface area contributed by atoms with Crippen LogP contribution >= 0.6 is 0 Å². The van der Waals surface area contributed by atoms with Gasteiger partial charge in [0.05, 0.1) is 12.1 Å². The van der Waals surface area contributed by atoms with Gasteiger partial charge in [0, 0.05) is 13.1 Å². The summed E-state index contributed by atoms with van der Waals surface area (Å²) in [5, 5.41) is 8.72. The van der Waals surface area contributed by atoms with Crippen LogP contribution in [0.15, 0.2) is 34.9 Å². The summed E-state index contributed by atoms with van der Waals surface area (Å²) in [5.74, 6) is -1.79. The molecule has 1 aromatic carbocycles. The Labute approximate surface area is 162 Å². The Morgan fingerprint density at radius 2 is 1.93 bits per heavy atom. The summed E-state index contributed by atoms with van der Waals surface area (Å²) in [6, 6.07) is 6.14. The van der Waals surface area contributed by atoms with Crippen LogP contribution in [0.4, 0.5) is 10.2 Å². The van der Waals surface area contributed by atoms with Crippen molar-refractivity contribution in [2.45, 2.75) is 26.8 Å². The van der Waals surface area contributed by atoms with E-state index >= 15 is 0 Å². The van der Waals surface area contributed by atoms with Gasteiger partial charge in [0.1, 0.15) is 17.6 Å². The number of nitrogens with one attached hydrogen (secondary N) is 2. The number of rotatable bonds is 7. The average molecular weight is 390 g/mol. The third kappa shape index (κ3) is 5.38. The number of aromatic nitrogens is 1. The monoisotopic (exact) mass is 390 g/mol. The molecule has 0 spiro atoms. The summed E-state index contributed by atoms with van der Waals surface area (Å²) in [6.07, 6.45) is 0. The highest BCUT2D eigenvalue weighted by Crippen LogP contribution is 2.11. The van der Waals surface area contributed by atoms with Gasteiger partial charge in [-0.2, -0.15) is 0 Å². The molecule has 0 saturated carbocycles. The number of carbonyl (C=O) groups excluding carboxylic acids is 3. The molecule has 150 valence electrons. The predicted molar refractivity (Wildman–Crippen MR) is 100.0 cm³/mol. The van der Waals surface area contributed by atoms with Gasteiger partial charge >= 0.3 is 0 Å². The van der Waals surface area contributed by atoms with Crippen molar-refractivity contribution in [3.8, 4) is 0 Å². The second-order valence-electron chi connectivity index (χ2n) is 6.74. The lowest BCUT2D eigenvalue weighted by atomic mass is 10.0. The number of anilines is 1. The van der Waals surface area contributed by atoms with Gasteiger partial charge in [0.2, 0.25) is 11.8 Å². The van der Waals surface area contributed by atoms with Crippen molar-refractivity contribution in [2.75, 3.05) is 18.9 Å². The highest BCUT2D eigenvalue weighted by Gasteiger charge is 2.29. The summed E-state index contributed by atoms with van der Waals surface area (Å²) >= 11 is 0. The smallest absolute Gasteiger partial charge is 0.254 e. The van der Waals surface area contributed by atoms with Gasteiger partial charge in [-0.05, 0) is 25.0 Å². The lowest BCUT2D eigenvalue weighted by Crippen LogP contribution is -2.51. The lowest BCUT2D eigenvalue weighted by Gasteiger charge is -2.26. The highest BCUT2D eigenvalue weighted by atomic mass is 19.1. The van der Waals surface area contributed by atoms with Gasteiger partial charge in [-0.1, -0.05) is 31.1 Å². The van der Waals surface area contributed by atoms with Crippen LogP contribution in [0.25, 0.3) is 0 Å². The first-order chi connectivity index (χ1) is 13.2. The first-order valence-corrected chi connectivity index (χ1v) is 8.72. The molecule has 28 heavy (non-hydrogen) atoms. The van der Waals surface area contributed by atoms with E-state index in [-0.39, 0.29) is 23.8 Å². The SMILES string of the molecule is Cc1cc(NC(=O)CN(C)C(=O)C(NC(=O)c2ccccc2F)C(C)C)no1. The van der Waals surface area contributed by atoms with Crippen LogP contribution in [-0.4, -0.2) is 47.4 Å². The topological polar surface area (TPSA) is 105 Å². The quantitative estimate of drug-likeness (QED) is 0.752. The minimum atomic E-state index is -0.917. The largest absolute Gasteiger partial charge is 0.360 e. The van der Waals surface area contributed by atoms with Gasteiger partial charge < -0.3 is 20.1 Å². The van der Waals surface area contributed by atoms with Crippen LogP contribution in [0.5, 0.6) is 0 Å². The van der Waals surface area contributed by atoms with Crippen LogP contribution in [0.3, 0.4) is 0 Å². The molecule has 0 aliphatic heterocycles. The van der Waals surface area contributed by atoms with Gasteiger partial charge in [0.15, 0.2) is 5.82 Å². The second-order valence-corrected chi connectivity index (χ2v) is 6.74. The molecule has 0 aliphatic carbocycles. The Balaban J connectivity index is 2.01. The minimum Gasteiger partial charge on any atom is -0.360 e. The van der Waals surface area contributed by atoms with E-state index < -0.39 is 29.6 Å². The third-order valence-electron chi connectivity index (χ3n) is 3.99. The highest BCUT2D eigenvalue weighted by molar-refractivity contribution is 5.99. The first kappa shape index (κ1) is 21.1. The van der Waals surface area contributed by atoms with E-state index in [2.05, 4.69) is 15.8 Å². The number of hydrogen-bond acceptors (Lipinski definition) is 5. The van der Waals surface area contributed by atoms with Crippen LogP contribution in [0.1, 0.15) is 30.0 Å². The summed E-state index contributed by atoms with van der Waals surface area (Å²) < 4.78 is 18.7. The average Bonchev–Trinajstić information content (AvgIpc) is 3.03. The maximum Gasteiger partial charge on any atom is 0.254 e. The summed E-state index contributed by atoms with van der Waals surface area (Å²) in [7, 11) is 1.45. The number of amides is 3. The van der Waals surface area contributed by atoms with Gasteiger partial charge in [-0.3, -0.25) is 14.4 Å². The molecule has 2 N–H and O–H groups in total. The normalized spacial score (nSPS) is 11.8. The van der Waals surface area contributed by atoms with Crippen LogP contribution in [0.2, 0.25) is 0 Å². The minimum absolute atomic E-state index is 0.150. The predicted octanol–water partition coefficient (Wildman–Crippen LogP) is 1.97. The number of nitrogens with zero attached hydrogens (tertiary/aromatic N) is 2. The Morgan fingerprint density at radius 1 is 1.25 bits per heavy atom. The molecule has 0 saturated heterocycles. The molecule has 0 fully saturated rings. The molecule has 0 radical (unpaired) electrons. The van der Waals surface area contributed by atoms with Crippen molar-refractivity contribution in [3.05, 3.63) is 47.5 Å². The number of likely N-dealkylation sites (N-methyl/N-ethyl adjacent to an activating group) is 1. The van der Waals surface area contributed by atoms with Crippen molar-refractivity contribution in [2.24, 2.45) is 5.92 Å². The molecule has 0 aliphatic rings. The summed E-state index contributed by atoms with van der Waals surface area (Å²) in [5.41, 5.74) is -0.150. The summed E-state index contributed by atoms with van der Waals surface area (Å²) in [6.45, 7) is 4.93. The zero-order chi connectivity index (χ0) is 20.8. The van der Waals surface area contributed by atoms with Crippen molar-refractivity contribution < 1.29 is 23.3 Å².